The van der Waals surface area contributed by atoms with Crippen LogP contribution in [-0.4, -0.2) is 13.2 Å². The van der Waals surface area contributed by atoms with Crippen molar-refractivity contribution in [2.75, 3.05) is 13.2 Å². The Morgan fingerprint density at radius 1 is 0.694 bits per heavy atom. The van der Waals surface area contributed by atoms with Crippen LogP contribution in [0, 0.1) is 12.8 Å². The second kappa shape index (κ2) is 16.7. The molecule has 1 fully saturated rings. The number of benzene rings is 2. The van der Waals surface area contributed by atoms with E-state index in [4.69, 9.17) is 9.47 Å². The predicted molar refractivity (Wildman–Crippen MR) is 155 cm³/mol. The topological polar surface area (TPSA) is 18.5 Å². The Bertz CT molecular complexity index is 833. The van der Waals surface area contributed by atoms with Crippen LogP contribution in [0.3, 0.4) is 0 Å². The zero-order valence-electron chi connectivity index (χ0n) is 23.5. The van der Waals surface area contributed by atoms with Gasteiger partial charge < -0.3 is 9.47 Å². The summed E-state index contributed by atoms with van der Waals surface area (Å²) in [6.07, 6.45) is 19.6. The van der Waals surface area contributed by atoms with Gasteiger partial charge in [-0.25, -0.2) is 0 Å². The van der Waals surface area contributed by atoms with Crippen molar-refractivity contribution in [3.63, 3.8) is 0 Å². The Kier molecular flexibility index (Phi) is 13.3. The number of ether oxygens (including phenoxy) is 2. The molecule has 1 aliphatic rings. The third-order valence-corrected chi connectivity index (χ3v) is 8.08. The molecule has 0 bridgehead atoms. The first-order valence-corrected chi connectivity index (χ1v) is 15.1. The van der Waals surface area contributed by atoms with Crippen LogP contribution in [0.5, 0.6) is 11.5 Å². The van der Waals surface area contributed by atoms with Gasteiger partial charge in [-0.2, -0.15) is 0 Å². The summed E-state index contributed by atoms with van der Waals surface area (Å²) in [7, 11) is 0. The quantitative estimate of drug-likeness (QED) is 0.204. The monoisotopic (exact) mass is 492 g/mol. The molecule has 1 aliphatic carbocycles. The molecule has 2 heteroatoms. The van der Waals surface area contributed by atoms with Gasteiger partial charge in [0, 0.05) is 0 Å². The van der Waals surface area contributed by atoms with Gasteiger partial charge in [0.25, 0.3) is 0 Å². The fourth-order valence-corrected chi connectivity index (χ4v) is 5.68. The van der Waals surface area contributed by atoms with Gasteiger partial charge in [0.2, 0.25) is 0 Å². The molecule has 0 N–H and O–H groups in total. The second-order valence-corrected chi connectivity index (χ2v) is 11.1. The Morgan fingerprint density at radius 2 is 1.36 bits per heavy atom. The van der Waals surface area contributed by atoms with Gasteiger partial charge in [-0.3, -0.25) is 0 Å². The molecule has 0 spiro atoms. The molecule has 2 nitrogen and oxygen atoms in total. The van der Waals surface area contributed by atoms with Gasteiger partial charge in [-0.1, -0.05) is 89.5 Å². The third kappa shape index (κ3) is 10.2. The Labute approximate surface area is 222 Å². The molecule has 2 aromatic rings. The Morgan fingerprint density at radius 3 is 2.03 bits per heavy atom. The third-order valence-electron chi connectivity index (χ3n) is 8.08. The van der Waals surface area contributed by atoms with Crippen LogP contribution in [0.2, 0.25) is 0 Å². The summed E-state index contributed by atoms with van der Waals surface area (Å²) in [4.78, 5) is 0. The summed E-state index contributed by atoms with van der Waals surface area (Å²) >= 11 is 0. The van der Waals surface area contributed by atoms with Crippen LogP contribution in [0.15, 0.2) is 42.5 Å². The molecule has 0 atom stereocenters. The molecule has 0 aromatic heterocycles. The van der Waals surface area contributed by atoms with Crippen LogP contribution in [0.4, 0.5) is 0 Å². The fourth-order valence-electron chi connectivity index (χ4n) is 5.68. The van der Waals surface area contributed by atoms with E-state index in [2.05, 4.69) is 63.2 Å². The summed E-state index contributed by atoms with van der Waals surface area (Å²) < 4.78 is 12.1. The first kappa shape index (κ1) is 28.6. The molecule has 0 aliphatic heterocycles. The summed E-state index contributed by atoms with van der Waals surface area (Å²) in [6.45, 7) is 8.29. The lowest BCUT2D eigenvalue weighted by atomic mass is 9.77. The maximum Gasteiger partial charge on any atom is 0.122 e. The second-order valence-electron chi connectivity index (χ2n) is 11.1. The van der Waals surface area contributed by atoms with Gasteiger partial charge >= 0.3 is 0 Å². The van der Waals surface area contributed by atoms with Crippen LogP contribution in [0.1, 0.15) is 126 Å². The van der Waals surface area contributed by atoms with E-state index < -0.39 is 0 Å². The van der Waals surface area contributed by atoms with Crippen molar-refractivity contribution >= 4 is 0 Å². The first-order valence-electron chi connectivity index (χ1n) is 15.1. The zero-order valence-corrected chi connectivity index (χ0v) is 23.5. The molecule has 200 valence electrons. The highest BCUT2D eigenvalue weighted by molar-refractivity contribution is 5.37. The molecular formula is C34H52O2. The molecule has 0 amide bonds. The molecule has 0 radical (unpaired) electrons. The van der Waals surface area contributed by atoms with Gasteiger partial charge in [0.05, 0.1) is 13.2 Å². The predicted octanol–water partition coefficient (Wildman–Crippen LogP) is 10.2. The lowest BCUT2D eigenvalue weighted by molar-refractivity contribution is 0.294. The SMILES string of the molecule is CCCCCC1CCC(c2ccc(OCCCCCCCCOc3cc(C)ccc3CC)cc2)CC1. The number of hydrogen-bond acceptors (Lipinski definition) is 2. The number of hydrogen-bond donors (Lipinski definition) is 0. The Balaban J connectivity index is 1.19. The molecule has 2 aromatic carbocycles. The minimum absolute atomic E-state index is 0.761. The van der Waals surface area contributed by atoms with Crippen LogP contribution >= 0.6 is 0 Å². The van der Waals surface area contributed by atoms with E-state index in [1.165, 1.54) is 93.7 Å². The summed E-state index contributed by atoms with van der Waals surface area (Å²) in [5.41, 5.74) is 4.11. The van der Waals surface area contributed by atoms with Crippen molar-refractivity contribution < 1.29 is 9.47 Å². The fraction of sp³-hybridized carbons (Fsp3) is 0.647. The van der Waals surface area contributed by atoms with Crippen molar-refractivity contribution in [1.29, 1.82) is 0 Å². The highest BCUT2D eigenvalue weighted by Gasteiger charge is 2.22. The minimum atomic E-state index is 0.761. The van der Waals surface area contributed by atoms with Crippen molar-refractivity contribution in [2.45, 2.75) is 123 Å². The van der Waals surface area contributed by atoms with Crippen molar-refractivity contribution in [3.8, 4) is 11.5 Å². The minimum Gasteiger partial charge on any atom is -0.494 e. The lowest BCUT2D eigenvalue weighted by Crippen LogP contribution is -2.13. The number of rotatable bonds is 17. The molecule has 1 saturated carbocycles. The van der Waals surface area contributed by atoms with E-state index in [-0.39, 0.29) is 0 Å². The number of aryl methyl sites for hydroxylation is 2. The van der Waals surface area contributed by atoms with Crippen LogP contribution in [-0.2, 0) is 6.42 Å². The van der Waals surface area contributed by atoms with Crippen molar-refractivity contribution in [3.05, 3.63) is 59.2 Å². The van der Waals surface area contributed by atoms with E-state index in [0.29, 0.717) is 0 Å². The largest absolute Gasteiger partial charge is 0.494 e. The van der Waals surface area contributed by atoms with E-state index in [1.807, 2.05) is 0 Å². The van der Waals surface area contributed by atoms with Gasteiger partial charge in [0.1, 0.15) is 11.5 Å². The molecule has 0 unspecified atom stereocenters. The average molecular weight is 493 g/mol. The van der Waals surface area contributed by atoms with E-state index in [0.717, 1.165) is 55.8 Å². The smallest absolute Gasteiger partial charge is 0.122 e. The molecular weight excluding hydrogens is 440 g/mol. The maximum atomic E-state index is 6.05. The number of unbranched alkanes of at least 4 members (excludes halogenated alkanes) is 7. The maximum absolute atomic E-state index is 6.05. The zero-order chi connectivity index (χ0) is 25.4. The van der Waals surface area contributed by atoms with Crippen LogP contribution < -0.4 is 9.47 Å². The lowest BCUT2D eigenvalue weighted by Gasteiger charge is -2.29. The van der Waals surface area contributed by atoms with Gasteiger partial charge in [-0.05, 0) is 98.6 Å². The van der Waals surface area contributed by atoms with E-state index >= 15 is 0 Å². The first-order chi connectivity index (χ1) is 17.7. The van der Waals surface area contributed by atoms with E-state index in [9.17, 15) is 0 Å². The van der Waals surface area contributed by atoms with Gasteiger partial charge in [-0.15, -0.1) is 0 Å². The summed E-state index contributed by atoms with van der Waals surface area (Å²) in [5, 5.41) is 0. The molecule has 0 saturated heterocycles. The van der Waals surface area contributed by atoms with Gasteiger partial charge in [0.15, 0.2) is 0 Å². The summed E-state index contributed by atoms with van der Waals surface area (Å²) in [5.74, 6) is 3.85. The molecule has 3 rings (SSSR count). The standard InChI is InChI=1S/C34H52O2/c1-4-6-11-14-29-16-19-31(20-17-29)32-21-23-33(24-22-32)35-25-12-9-7-8-10-13-26-36-34-27-28(3)15-18-30(34)5-2/h15,18,21-24,27,29,31H,4-14,16-17,19-20,25-26H2,1-3H3. The summed E-state index contributed by atoms with van der Waals surface area (Å²) in [6, 6.07) is 15.6. The van der Waals surface area contributed by atoms with Crippen LogP contribution in [0.25, 0.3) is 0 Å². The molecule has 0 heterocycles. The highest BCUT2D eigenvalue weighted by atomic mass is 16.5. The average Bonchev–Trinajstić information content (AvgIpc) is 2.91. The molecule has 36 heavy (non-hydrogen) atoms. The Hall–Kier alpha value is -1.96. The van der Waals surface area contributed by atoms with Crippen molar-refractivity contribution in [2.24, 2.45) is 5.92 Å². The normalized spacial score (nSPS) is 17.8. The van der Waals surface area contributed by atoms with E-state index in [1.54, 1.807) is 0 Å². The highest BCUT2D eigenvalue weighted by Crippen LogP contribution is 2.38. The van der Waals surface area contributed by atoms with Crippen molar-refractivity contribution in [1.82, 2.24) is 0 Å².